The van der Waals surface area contributed by atoms with E-state index in [0.717, 1.165) is 0 Å². The average Bonchev–Trinajstić information content (AvgIpc) is 2.22. The number of hydrogen-bond acceptors (Lipinski definition) is 3. The highest BCUT2D eigenvalue weighted by molar-refractivity contribution is 5.78. The van der Waals surface area contributed by atoms with Gasteiger partial charge in [-0.1, -0.05) is 6.08 Å². The number of aliphatic imine (C=N–C) groups is 1. The van der Waals surface area contributed by atoms with E-state index in [1.165, 1.54) is 13.0 Å². The van der Waals surface area contributed by atoms with E-state index in [9.17, 15) is 9.18 Å². The van der Waals surface area contributed by atoms with Gasteiger partial charge >= 0.3 is 5.97 Å². The summed E-state index contributed by atoms with van der Waals surface area (Å²) in [4.78, 5) is 14.7. The molecule has 0 rings (SSSR count). The van der Waals surface area contributed by atoms with Crippen molar-refractivity contribution >= 4 is 11.8 Å². The molecule has 0 bridgehead atoms. The number of nitrogens with zero attached hydrogens (tertiary/aromatic N) is 1. The number of carboxylic acid groups (broad SMARTS) is 1. The maximum Gasteiger partial charge on any atom is 0.323 e. The van der Waals surface area contributed by atoms with Gasteiger partial charge in [0.1, 0.15) is 12.2 Å². The highest BCUT2D eigenvalue weighted by atomic mass is 19.1. The Hall–Kier alpha value is -1.43. The van der Waals surface area contributed by atoms with Crippen LogP contribution in [-0.4, -0.2) is 35.7 Å². The Morgan fingerprint density at radius 1 is 1.59 bits per heavy atom. The molecule has 0 fully saturated rings. The fourth-order valence-corrected chi connectivity index (χ4v) is 1.04. The molecule has 0 amide bonds. The fourth-order valence-electron chi connectivity index (χ4n) is 1.04. The molecule has 0 saturated heterocycles. The van der Waals surface area contributed by atoms with Crippen LogP contribution in [0.1, 0.15) is 26.7 Å². The van der Waals surface area contributed by atoms with Gasteiger partial charge in [0, 0.05) is 6.54 Å². The minimum Gasteiger partial charge on any atom is -0.480 e. The van der Waals surface area contributed by atoms with Crippen molar-refractivity contribution < 1.29 is 14.3 Å². The first kappa shape index (κ1) is 15.6. The van der Waals surface area contributed by atoms with Crippen LogP contribution in [0.3, 0.4) is 0 Å². The molecule has 0 unspecified atom stereocenters. The first-order valence-corrected chi connectivity index (χ1v) is 5.32. The highest BCUT2D eigenvalue weighted by Gasteiger charge is 2.26. The number of rotatable bonds is 7. The fraction of sp³-hybridized carbons (Fsp3) is 0.636. The molecule has 17 heavy (non-hydrogen) atoms. The summed E-state index contributed by atoms with van der Waals surface area (Å²) in [5.74, 6) is -0.666. The van der Waals surface area contributed by atoms with Crippen molar-refractivity contribution in [1.29, 1.82) is 0 Å². The predicted molar refractivity (Wildman–Crippen MR) is 65.7 cm³/mol. The van der Waals surface area contributed by atoms with Gasteiger partial charge in [0.05, 0.1) is 5.84 Å². The standard InChI is InChI=1S/C11H20FN3O2/c1-8(13)15-6-4-9(7-12)3-5-11(2,14)10(16)17/h3H,4-7,14H2,1-2H3,(H2,13,15)(H,16,17)/b9-3+/t11-/m0/s1. The molecule has 0 aromatic heterocycles. The minimum absolute atomic E-state index is 0.0902. The van der Waals surface area contributed by atoms with Crippen LogP contribution in [0.4, 0.5) is 4.39 Å². The molecule has 0 spiro atoms. The molecule has 0 aliphatic heterocycles. The smallest absolute Gasteiger partial charge is 0.323 e. The van der Waals surface area contributed by atoms with E-state index in [4.69, 9.17) is 16.6 Å². The SMILES string of the molecule is CC(N)=NCC/C(=C\C[C@](C)(N)C(=O)O)CF. The van der Waals surface area contributed by atoms with E-state index >= 15 is 0 Å². The Labute approximate surface area is 100 Å². The van der Waals surface area contributed by atoms with E-state index in [1.54, 1.807) is 6.92 Å². The Bertz CT molecular complexity index is 321. The molecular weight excluding hydrogens is 225 g/mol. The van der Waals surface area contributed by atoms with Gasteiger partial charge in [0.2, 0.25) is 0 Å². The number of amidine groups is 1. The summed E-state index contributed by atoms with van der Waals surface area (Å²) in [6.45, 7) is 2.81. The third kappa shape index (κ3) is 6.68. The van der Waals surface area contributed by atoms with Crippen molar-refractivity contribution in [3.8, 4) is 0 Å². The molecular formula is C11H20FN3O2. The first-order chi connectivity index (χ1) is 7.79. The molecule has 5 N–H and O–H groups in total. The lowest BCUT2D eigenvalue weighted by molar-refractivity contribution is -0.142. The molecule has 0 radical (unpaired) electrons. The van der Waals surface area contributed by atoms with E-state index in [2.05, 4.69) is 4.99 Å². The van der Waals surface area contributed by atoms with Gasteiger partial charge in [0.15, 0.2) is 0 Å². The number of aliphatic carboxylic acids is 1. The lowest BCUT2D eigenvalue weighted by Crippen LogP contribution is -2.44. The summed E-state index contributed by atoms with van der Waals surface area (Å²) in [7, 11) is 0. The number of carbonyl (C=O) groups is 1. The van der Waals surface area contributed by atoms with Gasteiger partial charge < -0.3 is 16.6 Å². The van der Waals surface area contributed by atoms with Crippen LogP contribution in [0, 0.1) is 0 Å². The zero-order valence-electron chi connectivity index (χ0n) is 10.2. The third-order valence-electron chi connectivity index (χ3n) is 2.27. The minimum atomic E-state index is -1.37. The zero-order valence-corrected chi connectivity index (χ0v) is 10.2. The van der Waals surface area contributed by atoms with Crippen molar-refractivity contribution in [3.05, 3.63) is 11.6 Å². The van der Waals surface area contributed by atoms with Crippen LogP contribution in [0.5, 0.6) is 0 Å². The Kier molecular flexibility index (Phi) is 6.42. The molecule has 0 aromatic carbocycles. The second-order valence-electron chi connectivity index (χ2n) is 4.20. The molecule has 98 valence electrons. The number of alkyl halides is 1. The third-order valence-corrected chi connectivity index (χ3v) is 2.27. The lowest BCUT2D eigenvalue weighted by atomic mass is 9.97. The predicted octanol–water partition coefficient (Wildman–Crippen LogP) is 0.842. The van der Waals surface area contributed by atoms with Crippen molar-refractivity contribution in [2.45, 2.75) is 32.2 Å². The van der Waals surface area contributed by atoms with Crippen LogP contribution >= 0.6 is 0 Å². The largest absolute Gasteiger partial charge is 0.480 e. The van der Waals surface area contributed by atoms with Gasteiger partial charge in [-0.05, 0) is 32.3 Å². The molecule has 0 aliphatic carbocycles. The van der Waals surface area contributed by atoms with Crippen LogP contribution < -0.4 is 11.5 Å². The van der Waals surface area contributed by atoms with E-state index in [-0.39, 0.29) is 6.42 Å². The second kappa shape index (κ2) is 7.01. The summed E-state index contributed by atoms with van der Waals surface area (Å²) in [5.41, 5.74) is 9.99. The molecule has 0 aliphatic rings. The summed E-state index contributed by atoms with van der Waals surface area (Å²) >= 11 is 0. The maximum absolute atomic E-state index is 12.6. The van der Waals surface area contributed by atoms with Gasteiger partial charge in [0.25, 0.3) is 0 Å². The Balaban J connectivity index is 4.36. The molecule has 0 aromatic rings. The zero-order chi connectivity index (χ0) is 13.5. The van der Waals surface area contributed by atoms with Crippen LogP contribution in [0.25, 0.3) is 0 Å². The van der Waals surface area contributed by atoms with Crippen molar-refractivity contribution in [2.75, 3.05) is 13.2 Å². The lowest BCUT2D eigenvalue weighted by Gasteiger charge is -2.17. The van der Waals surface area contributed by atoms with Gasteiger partial charge in [-0.25, -0.2) is 4.39 Å². The molecule has 0 heterocycles. The van der Waals surface area contributed by atoms with E-state index in [1.807, 2.05) is 0 Å². The van der Waals surface area contributed by atoms with Gasteiger partial charge in [-0.15, -0.1) is 0 Å². The normalized spacial score (nSPS) is 16.7. The van der Waals surface area contributed by atoms with Crippen LogP contribution in [0.2, 0.25) is 0 Å². The van der Waals surface area contributed by atoms with Gasteiger partial charge in [-0.2, -0.15) is 0 Å². The summed E-state index contributed by atoms with van der Waals surface area (Å²) < 4.78 is 12.6. The number of nitrogens with two attached hydrogens (primary N) is 2. The van der Waals surface area contributed by atoms with Crippen LogP contribution in [-0.2, 0) is 4.79 Å². The quantitative estimate of drug-likeness (QED) is 0.351. The van der Waals surface area contributed by atoms with Crippen molar-refractivity contribution in [2.24, 2.45) is 16.5 Å². The highest BCUT2D eigenvalue weighted by Crippen LogP contribution is 2.11. The molecule has 6 heteroatoms. The summed E-state index contributed by atoms with van der Waals surface area (Å²) in [6.07, 6.45) is 2.03. The molecule has 1 atom stereocenters. The monoisotopic (exact) mass is 245 g/mol. The molecule has 0 saturated carbocycles. The second-order valence-corrected chi connectivity index (χ2v) is 4.20. The Morgan fingerprint density at radius 2 is 2.18 bits per heavy atom. The van der Waals surface area contributed by atoms with Crippen molar-refractivity contribution in [1.82, 2.24) is 0 Å². The number of hydrogen-bond donors (Lipinski definition) is 3. The van der Waals surface area contributed by atoms with E-state index in [0.29, 0.717) is 24.4 Å². The summed E-state index contributed by atoms with van der Waals surface area (Å²) in [5, 5.41) is 8.79. The van der Waals surface area contributed by atoms with E-state index < -0.39 is 18.2 Å². The van der Waals surface area contributed by atoms with Crippen molar-refractivity contribution in [3.63, 3.8) is 0 Å². The number of halogens is 1. The average molecular weight is 245 g/mol. The first-order valence-electron chi connectivity index (χ1n) is 5.32. The summed E-state index contributed by atoms with van der Waals surface area (Å²) in [6, 6.07) is 0. The topological polar surface area (TPSA) is 102 Å². The molecule has 5 nitrogen and oxygen atoms in total. The number of carboxylic acids is 1. The maximum atomic E-state index is 12.6. The van der Waals surface area contributed by atoms with Gasteiger partial charge in [-0.3, -0.25) is 9.79 Å². The van der Waals surface area contributed by atoms with Crippen LogP contribution in [0.15, 0.2) is 16.6 Å². The Morgan fingerprint density at radius 3 is 2.59 bits per heavy atom.